The minimum atomic E-state index is -0.351. The minimum absolute atomic E-state index is 0.184. The molecule has 1 atom stereocenters. The normalized spacial score (nSPS) is 11.7. The summed E-state index contributed by atoms with van der Waals surface area (Å²) in [4.78, 5) is 29.9. The van der Waals surface area contributed by atoms with E-state index in [1.807, 2.05) is 64.1 Å². The molecule has 0 aliphatic carbocycles. The molecule has 4 aromatic rings. The second-order valence-electron chi connectivity index (χ2n) is 8.52. The maximum absolute atomic E-state index is 12.9. The van der Waals surface area contributed by atoms with Gasteiger partial charge in [0, 0.05) is 11.3 Å². The van der Waals surface area contributed by atoms with E-state index in [4.69, 9.17) is 4.74 Å². The Morgan fingerprint density at radius 2 is 1.63 bits per heavy atom. The second kappa shape index (κ2) is 10.1. The first-order chi connectivity index (χ1) is 16.7. The van der Waals surface area contributed by atoms with Crippen molar-refractivity contribution in [1.29, 1.82) is 0 Å². The lowest BCUT2D eigenvalue weighted by atomic mass is 10.0. The zero-order valence-corrected chi connectivity index (χ0v) is 21.2. The van der Waals surface area contributed by atoms with Crippen LogP contribution in [0.2, 0.25) is 0 Å². The molecule has 3 amide bonds. The lowest BCUT2D eigenvalue weighted by Gasteiger charge is -2.14. The van der Waals surface area contributed by atoms with Gasteiger partial charge in [-0.05, 0) is 74.7 Å². The van der Waals surface area contributed by atoms with Gasteiger partial charge in [-0.3, -0.25) is 10.1 Å². The van der Waals surface area contributed by atoms with Crippen LogP contribution in [-0.4, -0.2) is 24.0 Å². The van der Waals surface area contributed by atoms with Crippen LogP contribution in [0.25, 0.3) is 10.2 Å². The third kappa shape index (κ3) is 5.60. The van der Waals surface area contributed by atoms with Crippen LogP contribution in [0.4, 0.5) is 15.6 Å². The zero-order valence-electron chi connectivity index (χ0n) is 20.4. The van der Waals surface area contributed by atoms with Gasteiger partial charge in [0.1, 0.15) is 5.75 Å². The first-order valence-electron chi connectivity index (χ1n) is 11.2. The van der Waals surface area contributed by atoms with Gasteiger partial charge in [-0.25, -0.2) is 9.78 Å². The standard InChI is InChI=1S/C27H28N4O3S/c1-15-12-16(2)24(17(3)13-15)30-25(32)20-8-11-22-23(14-20)35-27(29-22)31-26(33)28-18(4)19-6-9-21(34-5)10-7-19/h6-14,18H,1-5H3,(H,30,32)(H2,28,29,31,33)/t18-/m1/s1. The molecule has 0 aliphatic heterocycles. The number of aromatic nitrogens is 1. The van der Waals surface area contributed by atoms with E-state index in [2.05, 4.69) is 20.9 Å². The number of urea groups is 1. The number of carbonyl (C=O) groups is 2. The fraction of sp³-hybridized carbons (Fsp3) is 0.222. The number of rotatable bonds is 6. The van der Waals surface area contributed by atoms with E-state index in [1.165, 1.54) is 11.3 Å². The number of nitrogens with zero attached hydrogens (tertiary/aromatic N) is 1. The van der Waals surface area contributed by atoms with Crippen LogP contribution in [0.1, 0.15) is 45.6 Å². The van der Waals surface area contributed by atoms with E-state index in [-0.39, 0.29) is 18.0 Å². The number of fused-ring (bicyclic) bond motifs is 1. The Morgan fingerprint density at radius 3 is 2.29 bits per heavy atom. The van der Waals surface area contributed by atoms with Crippen LogP contribution in [0.5, 0.6) is 5.75 Å². The highest BCUT2D eigenvalue weighted by Gasteiger charge is 2.15. The number of hydrogen-bond donors (Lipinski definition) is 3. The van der Waals surface area contributed by atoms with Gasteiger partial charge in [-0.1, -0.05) is 41.2 Å². The van der Waals surface area contributed by atoms with E-state index < -0.39 is 0 Å². The number of anilines is 2. The molecular formula is C27H28N4O3S. The summed E-state index contributed by atoms with van der Waals surface area (Å²) in [6.07, 6.45) is 0. The van der Waals surface area contributed by atoms with Crippen molar-refractivity contribution in [2.45, 2.75) is 33.7 Å². The fourth-order valence-electron chi connectivity index (χ4n) is 3.99. The largest absolute Gasteiger partial charge is 0.497 e. The molecule has 0 saturated carbocycles. The molecule has 0 saturated heterocycles. The summed E-state index contributed by atoms with van der Waals surface area (Å²) in [6, 6.07) is 16.4. The van der Waals surface area contributed by atoms with Crippen molar-refractivity contribution in [2.75, 3.05) is 17.7 Å². The lowest BCUT2D eigenvalue weighted by Crippen LogP contribution is -2.31. The van der Waals surface area contributed by atoms with Crippen LogP contribution in [0.15, 0.2) is 54.6 Å². The third-order valence-corrected chi connectivity index (χ3v) is 6.68. The third-order valence-electron chi connectivity index (χ3n) is 5.75. The van der Waals surface area contributed by atoms with E-state index in [0.717, 1.165) is 38.4 Å². The van der Waals surface area contributed by atoms with Gasteiger partial charge < -0.3 is 15.4 Å². The second-order valence-corrected chi connectivity index (χ2v) is 9.55. The molecule has 4 rings (SSSR count). The van der Waals surface area contributed by atoms with E-state index >= 15 is 0 Å². The van der Waals surface area contributed by atoms with E-state index in [1.54, 1.807) is 25.3 Å². The van der Waals surface area contributed by atoms with Crippen LogP contribution in [0, 0.1) is 20.8 Å². The summed E-state index contributed by atoms with van der Waals surface area (Å²) in [5.74, 6) is 0.577. The maximum Gasteiger partial charge on any atom is 0.321 e. The average Bonchev–Trinajstić information content (AvgIpc) is 3.22. The average molecular weight is 489 g/mol. The summed E-state index contributed by atoms with van der Waals surface area (Å²) < 4.78 is 5.99. The molecule has 0 radical (unpaired) electrons. The number of carbonyl (C=O) groups excluding carboxylic acids is 2. The molecule has 3 N–H and O–H groups in total. The number of hydrogen-bond acceptors (Lipinski definition) is 5. The molecule has 1 aromatic heterocycles. The highest BCUT2D eigenvalue weighted by atomic mass is 32.1. The number of amides is 3. The van der Waals surface area contributed by atoms with Gasteiger partial charge >= 0.3 is 6.03 Å². The van der Waals surface area contributed by atoms with Gasteiger partial charge in [0.15, 0.2) is 5.13 Å². The Morgan fingerprint density at radius 1 is 0.943 bits per heavy atom. The van der Waals surface area contributed by atoms with Gasteiger partial charge in [-0.2, -0.15) is 0 Å². The number of benzene rings is 3. The van der Waals surface area contributed by atoms with Crippen LogP contribution in [-0.2, 0) is 0 Å². The molecule has 0 bridgehead atoms. The summed E-state index contributed by atoms with van der Waals surface area (Å²) in [6.45, 7) is 7.91. The van der Waals surface area contributed by atoms with Crippen LogP contribution >= 0.6 is 11.3 Å². The van der Waals surface area contributed by atoms with Crippen molar-refractivity contribution in [3.05, 3.63) is 82.4 Å². The summed E-state index contributed by atoms with van der Waals surface area (Å²) >= 11 is 1.32. The molecule has 8 heteroatoms. The number of methoxy groups -OCH3 is 1. The van der Waals surface area contributed by atoms with Gasteiger partial charge in [0.2, 0.25) is 0 Å². The highest BCUT2D eigenvalue weighted by Crippen LogP contribution is 2.28. The molecule has 0 fully saturated rings. The first kappa shape index (κ1) is 24.2. The van der Waals surface area contributed by atoms with Crippen molar-refractivity contribution < 1.29 is 14.3 Å². The van der Waals surface area contributed by atoms with Gasteiger partial charge in [-0.15, -0.1) is 0 Å². The van der Waals surface area contributed by atoms with Gasteiger partial charge in [0.05, 0.1) is 23.4 Å². The topological polar surface area (TPSA) is 92.3 Å². The number of thiazole rings is 1. The van der Waals surface area contributed by atoms with Crippen molar-refractivity contribution in [1.82, 2.24) is 10.3 Å². The number of ether oxygens (including phenoxy) is 1. The van der Waals surface area contributed by atoms with Crippen molar-refractivity contribution in [2.24, 2.45) is 0 Å². The van der Waals surface area contributed by atoms with Gasteiger partial charge in [0.25, 0.3) is 5.91 Å². The molecule has 0 unspecified atom stereocenters. The zero-order chi connectivity index (χ0) is 25.1. The molecule has 0 aliphatic rings. The summed E-state index contributed by atoms with van der Waals surface area (Å²) in [5.41, 5.74) is 6.24. The first-order valence-corrected chi connectivity index (χ1v) is 12.1. The fourth-order valence-corrected chi connectivity index (χ4v) is 4.89. The Balaban J connectivity index is 1.43. The molecule has 1 heterocycles. The molecule has 7 nitrogen and oxygen atoms in total. The Kier molecular flexibility index (Phi) is 7.02. The summed E-state index contributed by atoms with van der Waals surface area (Å²) in [7, 11) is 1.61. The monoisotopic (exact) mass is 488 g/mol. The predicted molar refractivity (Wildman–Crippen MR) is 142 cm³/mol. The Hall–Kier alpha value is -3.91. The molecule has 35 heavy (non-hydrogen) atoms. The van der Waals surface area contributed by atoms with Crippen molar-refractivity contribution in [3.8, 4) is 5.75 Å². The molecule has 0 spiro atoms. The van der Waals surface area contributed by atoms with Crippen LogP contribution < -0.4 is 20.7 Å². The quantitative estimate of drug-likeness (QED) is 0.294. The Labute approximate surface area is 208 Å². The van der Waals surface area contributed by atoms with Crippen molar-refractivity contribution >= 4 is 44.3 Å². The molecular weight excluding hydrogens is 460 g/mol. The number of aryl methyl sites for hydroxylation is 3. The smallest absolute Gasteiger partial charge is 0.321 e. The van der Waals surface area contributed by atoms with Crippen molar-refractivity contribution in [3.63, 3.8) is 0 Å². The lowest BCUT2D eigenvalue weighted by molar-refractivity contribution is 0.102. The molecule has 3 aromatic carbocycles. The SMILES string of the molecule is COc1ccc([C@@H](C)NC(=O)Nc2nc3ccc(C(=O)Nc4c(C)cc(C)cc4C)cc3s2)cc1. The van der Waals surface area contributed by atoms with E-state index in [0.29, 0.717) is 16.2 Å². The summed E-state index contributed by atoms with van der Waals surface area (Å²) in [5, 5.41) is 9.19. The van der Waals surface area contributed by atoms with E-state index in [9.17, 15) is 9.59 Å². The number of nitrogens with one attached hydrogen (secondary N) is 3. The highest BCUT2D eigenvalue weighted by molar-refractivity contribution is 7.22. The minimum Gasteiger partial charge on any atom is -0.497 e. The Bertz CT molecular complexity index is 1370. The maximum atomic E-state index is 12.9. The molecule has 180 valence electrons. The predicted octanol–water partition coefficient (Wildman–Crippen LogP) is 6.37. The van der Waals surface area contributed by atoms with Crippen LogP contribution in [0.3, 0.4) is 0 Å².